The second-order valence-corrected chi connectivity index (χ2v) is 9.37. The first kappa shape index (κ1) is 24.9. The van der Waals surface area contributed by atoms with Crippen molar-refractivity contribution in [1.29, 1.82) is 0 Å². The molecule has 0 unspecified atom stereocenters. The number of aliphatic imine (C=N–C) groups is 1. The van der Waals surface area contributed by atoms with Crippen molar-refractivity contribution < 1.29 is 19.4 Å². The summed E-state index contributed by atoms with van der Waals surface area (Å²) in [6.45, 7) is 2.63. The van der Waals surface area contributed by atoms with E-state index in [0.717, 1.165) is 11.1 Å². The SMILES string of the molecule is CCN1C(=O)C(=Cc2ccc(OCc3ccc(Cl)cc3)c(Cl)c2)SC1=Nc1cccc(C(=O)O)c1. The number of carbonyl (C=O) groups is 2. The second-order valence-electron chi connectivity index (χ2n) is 7.51. The van der Waals surface area contributed by atoms with E-state index >= 15 is 0 Å². The summed E-state index contributed by atoms with van der Waals surface area (Å²) >= 11 is 13.6. The molecule has 0 aliphatic carbocycles. The molecule has 0 bridgehead atoms. The molecular formula is C26H20Cl2N2O4S. The Labute approximate surface area is 216 Å². The Morgan fingerprint density at radius 3 is 2.57 bits per heavy atom. The van der Waals surface area contributed by atoms with Gasteiger partial charge >= 0.3 is 5.97 Å². The lowest BCUT2D eigenvalue weighted by atomic mass is 10.2. The smallest absolute Gasteiger partial charge is 0.335 e. The molecule has 0 spiro atoms. The van der Waals surface area contributed by atoms with Crippen LogP contribution >= 0.6 is 35.0 Å². The fourth-order valence-electron chi connectivity index (χ4n) is 3.31. The first-order valence-corrected chi connectivity index (χ1v) is 12.2. The Hall–Kier alpha value is -3.26. The van der Waals surface area contributed by atoms with Crippen LogP contribution in [0.1, 0.15) is 28.4 Å². The van der Waals surface area contributed by atoms with E-state index in [1.165, 1.54) is 23.9 Å². The molecule has 4 rings (SSSR count). The highest BCUT2D eigenvalue weighted by atomic mass is 35.5. The van der Waals surface area contributed by atoms with Crippen LogP contribution in [0.4, 0.5) is 5.69 Å². The normalized spacial score (nSPS) is 15.7. The minimum atomic E-state index is -1.03. The molecule has 1 aliphatic heterocycles. The lowest BCUT2D eigenvalue weighted by molar-refractivity contribution is -0.122. The minimum Gasteiger partial charge on any atom is -0.487 e. The van der Waals surface area contributed by atoms with Gasteiger partial charge in [0.1, 0.15) is 12.4 Å². The van der Waals surface area contributed by atoms with Crippen molar-refractivity contribution in [3.63, 3.8) is 0 Å². The number of thioether (sulfide) groups is 1. The van der Waals surface area contributed by atoms with Crippen molar-refractivity contribution in [1.82, 2.24) is 4.90 Å². The molecule has 6 nitrogen and oxygen atoms in total. The summed E-state index contributed by atoms with van der Waals surface area (Å²) in [5.41, 5.74) is 2.30. The van der Waals surface area contributed by atoms with Crippen LogP contribution in [0.15, 0.2) is 76.6 Å². The Bertz CT molecular complexity index is 1340. The minimum absolute atomic E-state index is 0.132. The fraction of sp³-hybridized carbons (Fsp3) is 0.115. The molecule has 0 saturated carbocycles. The number of halogens is 2. The number of rotatable bonds is 7. The van der Waals surface area contributed by atoms with Gasteiger partial charge in [-0.25, -0.2) is 9.79 Å². The number of carboxylic acid groups (broad SMARTS) is 1. The average molecular weight is 527 g/mol. The summed E-state index contributed by atoms with van der Waals surface area (Å²) in [5.74, 6) is -0.678. The molecule has 1 aliphatic rings. The van der Waals surface area contributed by atoms with Crippen LogP contribution < -0.4 is 4.74 Å². The van der Waals surface area contributed by atoms with E-state index in [1.54, 1.807) is 47.4 Å². The number of amides is 1. The average Bonchev–Trinajstić information content (AvgIpc) is 3.13. The molecule has 3 aromatic rings. The number of carboxylic acids is 1. The first-order chi connectivity index (χ1) is 16.8. The monoisotopic (exact) mass is 526 g/mol. The molecular weight excluding hydrogens is 507 g/mol. The van der Waals surface area contributed by atoms with E-state index in [2.05, 4.69) is 4.99 Å². The number of benzene rings is 3. The molecule has 0 atom stereocenters. The number of hydrogen-bond donors (Lipinski definition) is 1. The molecule has 1 amide bonds. The number of likely N-dealkylation sites (N-methyl/N-ethyl adjacent to an activating group) is 1. The van der Waals surface area contributed by atoms with Crippen LogP contribution in [0.2, 0.25) is 10.0 Å². The summed E-state index contributed by atoms with van der Waals surface area (Å²) in [6.07, 6.45) is 1.75. The number of ether oxygens (including phenoxy) is 1. The number of nitrogens with zero attached hydrogens (tertiary/aromatic N) is 2. The van der Waals surface area contributed by atoms with Crippen molar-refractivity contribution in [3.8, 4) is 5.75 Å². The van der Waals surface area contributed by atoms with Gasteiger partial charge in [-0.3, -0.25) is 9.69 Å². The van der Waals surface area contributed by atoms with Gasteiger partial charge in [-0.2, -0.15) is 0 Å². The van der Waals surface area contributed by atoms with Crippen LogP contribution in [0, 0.1) is 0 Å². The Morgan fingerprint density at radius 1 is 1.11 bits per heavy atom. The van der Waals surface area contributed by atoms with E-state index in [-0.39, 0.29) is 11.5 Å². The van der Waals surface area contributed by atoms with Crippen LogP contribution in [-0.4, -0.2) is 33.6 Å². The third-order valence-electron chi connectivity index (χ3n) is 5.08. The van der Waals surface area contributed by atoms with Crippen molar-refractivity contribution in [2.24, 2.45) is 4.99 Å². The molecule has 9 heteroatoms. The maximum atomic E-state index is 12.9. The number of hydrogen-bond acceptors (Lipinski definition) is 5. The van der Waals surface area contributed by atoms with E-state index in [9.17, 15) is 14.7 Å². The molecule has 0 radical (unpaired) electrons. The van der Waals surface area contributed by atoms with Gasteiger partial charge in [-0.05, 0) is 78.4 Å². The van der Waals surface area contributed by atoms with Gasteiger partial charge in [0.2, 0.25) is 0 Å². The highest BCUT2D eigenvalue weighted by Crippen LogP contribution is 2.35. The van der Waals surface area contributed by atoms with E-state index in [1.807, 2.05) is 25.1 Å². The third-order valence-corrected chi connectivity index (χ3v) is 6.64. The molecule has 0 aromatic heterocycles. The Morgan fingerprint density at radius 2 is 1.89 bits per heavy atom. The van der Waals surface area contributed by atoms with E-state index < -0.39 is 5.97 Å². The highest BCUT2D eigenvalue weighted by molar-refractivity contribution is 8.18. The number of carbonyl (C=O) groups excluding carboxylic acids is 1. The van der Waals surface area contributed by atoms with Crippen LogP contribution in [-0.2, 0) is 11.4 Å². The summed E-state index contributed by atoms with van der Waals surface area (Å²) in [5, 5.41) is 10.8. The second kappa shape index (κ2) is 11.0. The predicted octanol–water partition coefficient (Wildman–Crippen LogP) is 6.89. The number of amidine groups is 1. The molecule has 1 fully saturated rings. The molecule has 35 heavy (non-hydrogen) atoms. The summed E-state index contributed by atoms with van der Waals surface area (Å²) in [6, 6.07) is 19.0. The molecule has 178 valence electrons. The van der Waals surface area contributed by atoms with Gasteiger partial charge in [0, 0.05) is 11.6 Å². The number of aromatic carboxylic acids is 1. The largest absolute Gasteiger partial charge is 0.487 e. The van der Waals surface area contributed by atoms with Gasteiger partial charge in [0.05, 0.1) is 21.2 Å². The van der Waals surface area contributed by atoms with E-state index in [4.69, 9.17) is 27.9 Å². The zero-order valence-corrected chi connectivity index (χ0v) is 20.9. The predicted molar refractivity (Wildman–Crippen MR) is 141 cm³/mol. The fourth-order valence-corrected chi connectivity index (χ4v) is 4.74. The summed E-state index contributed by atoms with van der Waals surface area (Å²) in [7, 11) is 0. The van der Waals surface area contributed by atoms with Crippen molar-refractivity contribution in [2.45, 2.75) is 13.5 Å². The third kappa shape index (κ3) is 6.06. The van der Waals surface area contributed by atoms with E-state index in [0.29, 0.717) is 44.7 Å². The quantitative estimate of drug-likeness (QED) is 0.339. The first-order valence-electron chi connectivity index (χ1n) is 10.6. The van der Waals surface area contributed by atoms with Gasteiger partial charge in [-0.15, -0.1) is 0 Å². The van der Waals surface area contributed by atoms with Crippen LogP contribution in [0.5, 0.6) is 5.75 Å². The van der Waals surface area contributed by atoms with Gasteiger partial charge in [0.15, 0.2) is 5.17 Å². The van der Waals surface area contributed by atoms with Crippen molar-refractivity contribution >= 4 is 63.8 Å². The molecule has 1 heterocycles. The van der Waals surface area contributed by atoms with Gasteiger partial charge in [-0.1, -0.05) is 47.5 Å². The topological polar surface area (TPSA) is 79.2 Å². The van der Waals surface area contributed by atoms with Crippen molar-refractivity contribution in [2.75, 3.05) is 6.54 Å². The van der Waals surface area contributed by atoms with Crippen molar-refractivity contribution in [3.05, 3.63) is 98.4 Å². The lowest BCUT2D eigenvalue weighted by Crippen LogP contribution is -2.28. The zero-order chi connectivity index (χ0) is 24.9. The maximum absolute atomic E-state index is 12.9. The molecule has 1 N–H and O–H groups in total. The van der Waals surface area contributed by atoms with Gasteiger partial charge in [0.25, 0.3) is 5.91 Å². The van der Waals surface area contributed by atoms with Crippen LogP contribution in [0.3, 0.4) is 0 Å². The Kier molecular flexibility index (Phi) is 7.80. The zero-order valence-electron chi connectivity index (χ0n) is 18.6. The van der Waals surface area contributed by atoms with Crippen LogP contribution in [0.25, 0.3) is 6.08 Å². The summed E-state index contributed by atoms with van der Waals surface area (Å²) < 4.78 is 5.82. The molecule has 3 aromatic carbocycles. The van der Waals surface area contributed by atoms with Gasteiger partial charge < -0.3 is 9.84 Å². The summed E-state index contributed by atoms with van der Waals surface area (Å²) in [4.78, 5) is 30.7. The maximum Gasteiger partial charge on any atom is 0.335 e. The molecule has 1 saturated heterocycles. The lowest BCUT2D eigenvalue weighted by Gasteiger charge is -2.12. The standard InChI is InChI=1S/C26H20Cl2N2O4S/c1-2-30-24(31)23(35-26(30)29-20-5-3-4-18(14-20)25(32)33)13-17-8-11-22(21(28)12-17)34-15-16-6-9-19(27)10-7-16/h3-14H,2,15H2,1H3,(H,32,33). The highest BCUT2D eigenvalue weighted by Gasteiger charge is 2.32. The Balaban J connectivity index is 1.52.